The predicted molar refractivity (Wildman–Crippen MR) is 56.3 cm³/mol. The number of nitrogens with one attached hydrogen (secondary N) is 1. The van der Waals surface area contributed by atoms with Crippen LogP contribution >= 0.6 is 0 Å². The Kier molecular flexibility index (Phi) is 6.10. The highest BCUT2D eigenvalue weighted by Crippen LogP contribution is 2.08. The molecule has 84 valence electrons. The molecule has 1 N–H and O–H groups in total. The first kappa shape index (κ1) is 11.9. The second-order valence-electron chi connectivity index (χ2n) is 3.72. The highest BCUT2D eigenvalue weighted by molar-refractivity contribution is 4.57. The lowest BCUT2D eigenvalue weighted by Crippen LogP contribution is -2.32. The molecule has 4 heteroatoms. The molecule has 0 unspecified atom stereocenters. The quantitative estimate of drug-likeness (QED) is 0.671. The zero-order valence-corrected chi connectivity index (χ0v) is 9.29. The Labute approximate surface area is 86.6 Å². The van der Waals surface area contributed by atoms with Crippen LogP contribution in [0.1, 0.15) is 12.8 Å². The maximum Gasteiger partial charge on any atom is 0.158 e. The van der Waals surface area contributed by atoms with E-state index in [0.717, 1.165) is 45.7 Å². The molecule has 1 heterocycles. The van der Waals surface area contributed by atoms with Crippen LogP contribution in [0.3, 0.4) is 0 Å². The van der Waals surface area contributed by atoms with Gasteiger partial charge in [-0.05, 0) is 20.5 Å². The molecule has 1 aliphatic rings. The normalized spacial score (nSPS) is 19.1. The minimum atomic E-state index is 0.0285. The van der Waals surface area contributed by atoms with Crippen molar-refractivity contribution in [2.75, 3.05) is 46.9 Å². The summed E-state index contributed by atoms with van der Waals surface area (Å²) in [7, 11) is 4.10. The van der Waals surface area contributed by atoms with Crippen molar-refractivity contribution < 1.29 is 9.47 Å². The minimum Gasteiger partial charge on any atom is -0.353 e. The van der Waals surface area contributed by atoms with Crippen LogP contribution in [-0.4, -0.2) is 58.1 Å². The second-order valence-corrected chi connectivity index (χ2v) is 3.72. The summed E-state index contributed by atoms with van der Waals surface area (Å²) in [6, 6.07) is 0. The van der Waals surface area contributed by atoms with Gasteiger partial charge < -0.3 is 19.7 Å². The van der Waals surface area contributed by atoms with E-state index in [-0.39, 0.29) is 6.29 Å². The van der Waals surface area contributed by atoms with Crippen LogP contribution in [0.15, 0.2) is 0 Å². The van der Waals surface area contributed by atoms with Gasteiger partial charge in [-0.2, -0.15) is 0 Å². The van der Waals surface area contributed by atoms with Gasteiger partial charge in [0, 0.05) is 26.1 Å². The highest BCUT2D eigenvalue weighted by Gasteiger charge is 2.14. The van der Waals surface area contributed by atoms with Crippen molar-refractivity contribution in [1.29, 1.82) is 0 Å². The van der Waals surface area contributed by atoms with Crippen molar-refractivity contribution in [2.24, 2.45) is 0 Å². The van der Waals surface area contributed by atoms with E-state index in [9.17, 15) is 0 Å². The first-order valence-corrected chi connectivity index (χ1v) is 5.39. The van der Waals surface area contributed by atoms with Crippen LogP contribution in [0, 0.1) is 0 Å². The van der Waals surface area contributed by atoms with Gasteiger partial charge in [0.15, 0.2) is 6.29 Å². The molecule has 0 aliphatic carbocycles. The van der Waals surface area contributed by atoms with Crippen molar-refractivity contribution in [2.45, 2.75) is 19.1 Å². The topological polar surface area (TPSA) is 33.7 Å². The van der Waals surface area contributed by atoms with Crippen molar-refractivity contribution in [3.05, 3.63) is 0 Å². The number of hydrogen-bond acceptors (Lipinski definition) is 4. The summed E-state index contributed by atoms with van der Waals surface area (Å²) in [6.07, 6.45) is 2.03. The molecular formula is C10H22N2O2. The molecule has 14 heavy (non-hydrogen) atoms. The van der Waals surface area contributed by atoms with Crippen LogP contribution in [-0.2, 0) is 9.47 Å². The molecule has 0 aromatic rings. The summed E-state index contributed by atoms with van der Waals surface area (Å²) in [5, 5.41) is 3.13. The molecule has 0 spiro atoms. The lowest BCUT2D eigenvalue weighted by atomic mass is 10.3. The number of likely N-dealkylation sites (N-methyl/N-ethyl adjacent to an activating group) is 2. The van der Waals surface area contributed by atoms with Gasteiger partial charge in [0.25, 0.3) is 0 Å². The number of nitrogens with zero attached hydrogens (tertiary/aromatic N) is 1. The Morgan fingerprint density at radius 2 is 2.00 bits per heavy atom. The van der Waals surface area contributed by atoms with Gasteiger partial charge in [0.2, 0.25) is 0 Å². The number of rotatable bonds is 6. The zero-order valence-electron chi connectivity index (χ0n) is 9.29. The smallest absolute Gasteiger partial charge is 0.158 e. The van der Waals surface area contributed by atoms with E-state index in [1.165, 1.54) is 0 Å². The van der Waals surface area contributed by atoms with Crippen LogP contribution < -0.4 is 5.32 Å². The van der Waals surface area contributed by atoms with Crippen LogP contribution in [0.2, 0.25) is 0 Å². The van der Waals surface area contributed by atoms with Gasteiger partial charge in [-0.3, -0.25) is 0 Å². The summed E-state index contributed by atoms with van der Waals surface area (Å²) >= 11 is 0. The van der Waals surface area contributed by atoms with Crippen LogP contribution in [0.4, 0.5) is 0 Å². The Morgan fingerprint density at radius 3 is 2.64 bits per heavy atom. The largest absolute Gasteiger partial charge is 0.353 e. The molecule has 1 aliphatic heterocycles. The van der Waals surface area contributed by atoms with Crippen molar-refractivity contribution >= 4 is 0 Å². The molecule has 0 aromatic carbocycles. The predicted octanol–water partition coefficient (Wildman–Crippen LogP) is 0.291. The summed E-state index contributed by atoms with van der Waals surface area (Å²) in [5.41, 5.74) is 0. The van der Waals surface area contributed by atoms with Crippen molar-refractivity contribution in [3.8, 4) is 0 Å². The Morgan fingerprint density at radius 1 is 1.29 bits per heavy atom. The van der Waals surface area contributed by atoms with E-state index in [4.69, 9.17) is 9.47 Å². The summed E-state index contributed by atoms with van der Waals surface area (Å²) in [4.78, 5) is 2.29. The third-order valence-electron chi connectivity index (χ3n) is 2.39. The molecule has 1 rings (SSSR count). The molecule has 0 bridgehead atoms. The maximum atomic E-state index is 5.47. The van der Waals surface area contributed by atoms with Gasteiger partial charge in [-0.25, -0.2) is 0 Å². The van der Waals surface area contributed by atoms with Gasteiger partial charge in [0.1, 0.15) is 0 Å². The minimum absolute atomic E-state index is 0.0285. The Hall–Kier alpha value is -0.160. The van der Waals surface area contributed by atoms with E-state index < -0.39 is 0 Å². The van der Waals surface area contributed by atoms with E-state index in [1.807, 2.05) is 7.05 Å². The standard InChI is InChI=1S/C10H22N2O2/c1-11-5-7-12(2)6-4-10-13-8-3-9-14-10/h10-11H,3-9H2,1-2H3. The van der Waals surface area contributed by atoms with Gasteiger partial charge in [-0.1, -0.05) is 0 Å². The van der Waals surface area contributed by atoms with Gasteiger partial charge in [-0.15, -0.1) is 0 Å². The highest BCUT2D eigenvalue weighted by atomic mass is 16.7. The molecule has 0 radical (unpaired) electrons. The third-order valence-corrected chi connectivity index (χ3v) is 2.39. The third kappa shape index (κ3) is 4.91. The average molecular weight is 202 g/mol. The number of ether oxygens (including phenoxy) is 2. The van der Waals surface area contributed by atoms with Gasteiger partial charge in [0.05, 0.1) is 13.2 Å². The monoisotopic (exact) mass is 202 g/mol. The summed E-state index contributed by atoms with van der Waals surface area (Å²) in [5.74, 6) is 0. The second kappa shape index (κ2) is 7.17. The molecule has 0 aromatic heterocycles. The molecule has 0 atom stereocenters. The Balaban J connectivity index is 2.00. The first-order valence-electron chi connectivity index (χ1n) is 5.39. The van der Waals surface area contributed by atoms with Gasteiger partial charge >= 0.3 is 0 Å². The van der Waals surface area contributed by atoms with Crippen LogP contribution in [0.25, 0.3) is 0 Å². The average Bonchev–Trinajstić information content (AvgIpc) is 2.25. The Bertz CT molecular complexity index is 138. The number of hydrogen-bond donors (Lipinski definition) is 1. The van der Waals surface area contributed by atoms with E-state index >= 15 is 0 Å². The zero-order chi connectivity index (χ0) is 10.2. The molecular weight excluding hydrogens is 180 g/mol. The fraction of sp³-hybridized carbons (Fsp3) is 1.00. The van der Waals surface area contributed by atoms with Crippen LogP contribution in [0.5, 0.6) is 0 Å². The first-order chi connectivity index (χ1) is 6.83. The molecule has 4 nitrogen and oxygen atoms in total. The van der Waals surface area contributed by atoms with Crippen molar-refractivity contribution in [1.82, 2.24) is 10.2 Å². The maximum absolute atomic E-state index is 5.47. The molecule has 1 saturated heterocycles. The van der Waals surface area contributed by atoms with E-state index in [1.54, 1.807) is 0 Å². The lowest BCUT2D eigenvalue weighted by molar-refractivity contribution is -0.182. The summed E-state index contributed by atoms with van der Waals surface area (Å²) < 4.78 is 10.9. The van der Waals surface area contributed by atoms with E-state index in [0.29, 0.717) is 0 Å². The molecule has 0 amide bonds. The fourth-order valence-corrected chi connectivity index (χ4v) is 1.44. The van der Waals surface area contributed by atoms with Crippen molar-refractivity contribution in [3.63, 3.8) is 0 Å². The molecule has 1 fully saturated rings. The summed E-state index contributed by atoms with van der Waals surface area (Å²) in [6.45, 7) is 4.84. The fourth-order valence-electron chi connectivity index (χ4n) is 1.44. The molecule has 0 saturated carbocycles. The lowest BCUT2D eigenvalue weighted by Gasteiger charge is -2.25. The SMILES string of the molecule is CNCCN(C)CCC1OCCCO1. The van der Waals surface area contributed by atoms with E-state index in [2.05, 4.69) is 17.3 Å².